The molecular weight excluding hydrogens is 297 g/mol. The van der Waals surface area contributed by atoms with Gasteiger partial charge in [-0.05, 0) is 55.1 Å². The van der Waals surface area contributed by atoms with E-state index in [4.69, 9.17) is 23.2 Å². The average molecular weight is 312 g/mol. The van der Waals surface area contributed by atoms with Crippen LogP contribution >= 0.6 is 35.0 Å². The van der Waals surface area contributed by atoms with E-state index < -0.39 is 0 Å². The predicted octanol–water partition coefficient (Wildman–Crippen LogP) is 5.89. The molecule has 0 saturated heterocycles. The molecule has 19 heavy (non-hydrogen) atoms. The number of halogens is 2. The van der Waals surface area contributed by atoms with Crippen LogP contribution in [0.15, 0.2) is 47.4 Å². The summed E-state index contributed by atoms with van der Waals surface area (Å²) < 4.78 is 0. The van der Waals surface area contributed by atoms with Gasteiger partial charge in [0.15, 0.2) is 0 Å². The van der Waals surface area contributed by atoms with Crippen molar-refractivity contribution in [2.45, 2.75) is 17.9 Å². The van der Waals surface area contributed by atoms with E-state index in [0.717, 1.165) is 16.3 Å². The van der Waals surface area contributed by atoms with Crippen LogP contribution in [0.4, 0.5) is 5.69 Å². The summed E-state index contributed by atoms with van der Waals surface area (Å²) in [6, 6.07) is 13.9. The first-order chi connectivity index (χ1) is 9.10. The maximum atomic E-state index is 6.21. The smallest absolute Gasteiger partial charge is 0.0500 e. The van der Waals surface area contributed by atoms with Gasteiger partial charge in [-0.25, -0.2) is 0 Å². The van der Waals surface area contributed by atoms with E-state index >= 15 is 0 Å². The van der Waals surface area contributed by atoms with Gasteiger partial charge >= 0.3 is 0 Å². The van der Waals surface area contributed by atoms with Gasteiger partial charge in [-0.1, -0.05) is 29.3 Å². The molecule has 4 heteroatoms. The van der Waals surface area contributed by atoms with E-state index in [2.05, 4.69) is 36.7 Å². The number of thioether (sulfide) groups is 1. The summed E-state index contributed by atoms with van der Waals surface area (Å²) in [7, 11) is 0. The van der Waals surface area contributed by atoms with Crippen molar-refractivity contribution in [1.29, 1.82) is 0 Å². The average Bonchev–Trinajstić information content (AvgIpc) is 2.41. The fraction of sp³-hybridized carbons (Fsp3) is 0.200. The molecule has 0 aromatic heterocycles. The first kappa shape index (κ1) is 14.6. The molecule has 0 radical (unpaired) electrons. The highest BCUT2D eigenvalue weighted by molar-refractivity contribution is 7.98. The highest BCUT2D eigenvalue weighted by atomic mass is 35.5. The predicted molar refractivity (Wildman–Crippen MR) is 86.7 cm³/mol. The summed E-state index contributed by atoms with van der Waals surface area (Å²) in [6.07, 6.45) is 2.07. The van der Waals surface area contributed by atoms with Crippen molar-refractivity contribution in [3.8, 4) is 0 Å². The second-order valence-electron chi connectivity index (χ2n) is 4.26. The van der Waals surface area contributed by atoms with Gasteiger partial charge < -0.3 is 5.32 Å². The molecule has 0 saturated carbocycles. The maximum absolute atomic E-state index is 6.21. The lowest BCUT2D eigenvalue weighted by atomic mass is 10.1. The lowest BCUT2D eigenvalue weighted by Crippen LogP contribution is -2.07. The van der Waals surface area contributed by atoms with Crippen molar-refractivity contribution in [3.05, 3.63) is 58.1 Å². The summed E-state index contributed by atoms with van der Waals surface area (Å²) in [5, 5.41) is 4.87. The Morgan fingerprint density at radius 1 is 1.11 bits per heavy atom. The molecule has 2 rings (SSSR count). The number of anilines is 1. The third-order valence-corrected chi connectivity index (χ3v) is 4.18. The second-order valence-corrected chi connectivity index (χ2v) is 5.99. The molecule has 0 aliphatic carbocycles. The van der Waals surface area contributed by atoms with Gasteiger partial charge in [0.2, 0.25) is 0 Å². The highest BCUT2D eigenvalue weighted by Crippen LogP contribution is 2.29. The molecule has 1 unspecified atom stereocenters. The molecule has 1 N–H and O–H groups in total. The molecule has 100 valence electrons. The van der Waals surface area contributed by atoms with E-state index in [1.165, 1.54) is 4.90 Å². The van der Waals surface area contributed by atoms with E-state index in [0.29, 0.717) is 5.02 Å². The second kappa shape index (κ2) is 6.56. The van der Waals surface area contributed by atoms with Crippen molar-refractivity contribution in [3.63, 3.8) is 0 Å². The molecule has 0 fully saturated rings. The van der Waals surface area contributed by atoms with Gasteiger partial charge in [-0.2, -0.15) is 0 Å². The Labute approximate surface area is 128 Å². The zero-order chi connectivity index (χ0) is 13.8. The first-order valence-corrected chi connectivity index (χ1v) is 7.94. The van der Waals surface area contributed by atoms with E-state index in [1.807, 2.05) is 18.2 Å². The topological polar surface area (TPSA) is 12.0 Å². The zero-order valence-electron chi connectivity index (χ0n) is 10.8. The van der Waals surface area contributed by atoms with Gasteiger partial charge in [-0.3, -0.25) is 0 Å². The molecule has 0 bridgehead atoms. The third-order valence-electron chi connectivity index (χ3n) is 2.88. The van der Waals surface area contributed by atoms with Crippen LogP contribution in [0.3, 0.4) is 0 Å². The fourth-order valence-electron chi connectivity index (χ4n) is 1.89. The number of hydrogen-bond acceptors (Lipinski definition) is 2. The molecule has 1 atom stereocenters. The minimum absolute atomic E-state index is 0.100. The highest BCUT2D eigenvalue weighted by Gasteiger charge is 2.10. The van der Waals surface area contributed by atoms with Crippen molar-refractivity contribution in [2.24, 2.45) is 0 Å². The largest absolute Gasteiger partial charge is 0.378 e. The van der Waals surface area contributed by atoms with Crippen LogP contribution in [0.25, 0.3) is 0 Å². The Hall–Kier alpha value is -0.830. The number of benzene rings is 2. The Bertz CT molecular complexity index is 572. The lowest BCUT2D eigenvalue weighted by Gasteiger charge is -2.17. The molecule has 0 aliphatic heterocycles. The molecule has 0 aliphatic rings. The molecule has 2 aromatic rings. The Balaban J connectivity index is 2.20. The first-order valence-electron chi connectivity index (χ1n) is 5.95. The molecule has 1 nitrogen and oxygen atoms in total. The van der Waals surface area contributed by atoms with Gasteiger partial charge in [0.25, 0.3) is 0 Å². The number of rotatable bonds is 4. The normalized spacial score (nSPS) is 12.2. The van der Waals surface area contributed by atoms with Gasteiger partial charge in [0.1, 0.15) is 0 Å². The number of nitrogens with one attached hydrogen (secondary N) is 1. The van der Waals surface area contributed by atoms with Crippen LogP contribution in [0, 0.1) is 0 Å². The minimum atomic E-state index is 0.100. The van der Waals surface area contributed by atoms with Crippen LogP contribution in [0.1, 0.15) is 18.5 Å². The SMILES string of the molecule is CSc1cccc(NC(C)c2cc(Cl)ccc2Cl)c1. The van der Waals surface area contributed by atoms with Crippen LogP contribution in [0.5, 0.6) is 0 Å². The van der Waals surface area contributed by atoms with Crippen LogP contribution in [0.2, 0.25) is 10.0 Å². The maximum Gasteiger partial charge on any atom is 0.0500 e. The van der Waals surface area contributed by atoms with Crippen LogP contribution in [-0.4, -0.2) is 6.26 Å². The number of hydrogen-bond donors (Lipinski definition) is 1. The molecule has 0 spiro atoms. The standard InChI is InChI=1S/C15H15Cl2NS/c1-10(14-8-11(16)6-7-15(14)17)18-12-4-3-5-13(9-12)19-2/h3-10,18H,1-2H3. The van der Waals surface area contributed by atoms with Crippen molar-refractivity contribution < 1.29 is 0 Å². The molecule has 0 amide bonds. The van der Waals surface area contributed by atoms with Crippen molar-refractivity contribution >= 4 is 40.7 Å². The summed E-state index contributed by atoms with van der Waals surface area (Å²) in [6.45, 7) is 2.07. The van der Waals surface area contributed by atoms with Crippen LogP contribution in [-0.2, 0) is 0 Å². The quantitative estimate of drug-likeness (QED) is 0.707. The zero-order valence-corrected chi connectivity index (χ0v) is 13.1. The Morgan fingerprint density at radius 2 is 1.89 bits per heavy atom. The summed E-state index contributed by atoms with van der Waals surface area (Å²) in [4.78, 5) is 1.23. The van der Waals surface area contributed by atoms with Gasteiger partial charge in [0.05, 0.1) is 6.04 Å². The van der Waals surface area contributed by atoms with Gasteiger partial charge in [-0.15, -0.1) is 11.8 Å². The Morgan fingerprint density at radius 3 is 2.63 bits per heavy atom. The van der Waals surface area contributed by atoms with Crippen LogP contribution < -0.4 is 5.32 Å². The summed E-state index contributed by atoms with van der Waals surface area (Å²) in [5.41, 5.74) is 2.08. The summed E-state index contributed by atoms with van der Waals surface area (Å²) >= 11 is 14.0. The van der Waals surface area contributed by atoms with Crippen molar-refractivity contribution in [2.75, 3.05) is 11.6 Å². The fourth-order valence-corrected chi connectivity index (χ4v) is 2.81. The molecule has 2 aromatic carbocycles. The molecule has 0 heterocycles. The van der Waals surface area contributed by atoms with E-state index in [1.54, 1.807) is 17.8 Å². The van der Waals surface area contributed by atoms with E-state index in [-0.39, 0.29) is 6.04 Å². The van der Waals surface area contributed by atoms with Gasteiger partial charge in [0, 0.05) is 20.6 Å². The third kappa shape index (κ3) is 3.82. The van der Waals surface area contributed by atoms with Crippen molar-refractivity contribution in [1.82, 2.24) is 0 Å². The lowest BCUT2D eigenvalue weighted by molar-refractivity contribution is 0.884. The molecular formula is C15H15Cl2NS. The minimum Gasteiger partial charge on any atom is -0.378 e. The summed E-state index contributed by atoms with van der Waals surface area (Å²) in [5.74, 6) is 0. The van der Waals surface area contributed by atoms with E-state index in [9.17, 15) is 0 Å². The monoisotopic (exact) mass is 311 g/mol. The Kier molecular flexibility index (Phi) is 5.03.